The monoisotopic (exact) mass is 427 g/mol. The summed E-state index contributed by atoms with van der Waals surface area (Å²) in [5, 5.41) is 0.425. The van der Waals surface area contributed by atoms with Crippen LogP contribution in [0.15, 0.2) is 59.9 Å². The van der Waals surface area contributed by atoms with Crippen molar-refractivity contribution in [3.8, 4) is 22.6 Å². The van der Waals surface area contributed by atoms with Gasteiger partial charge < -0.3 is 19.9 Å². The first-order valence-electron chi connectivity index (χ1n) is 9.08. The Bertz CT molecular complexity index is 1140. The van der Waals surface area contributed by atoms with Crippen molar-refractivity contribution in [3.63, 3.8) is 0 Å². The molecule has 4 rings (SSSR count). The average Bonchev–Trinajstić information content (AvgIpc) is 3.17. The third kappa shape index (κ3) is 3.41. The molecule has 1 aliphatic rings. The van der Waals surface area contributed by atoms with Gasteiger partial charge in [-0.25, -0.2) is 9.38 Å². The van der Waals surface area contributed by atoms with E-state index in [4.69, 9.17) is 31.5 Å². The Kier molecular flexibility index (Phi) is 5.22. The molecule has 2 N–H and O–H groups in total. The molecule has 0 fully saturated rings. The molecule has 1 aromatic heterocycles. The number of aromatic nitrogens is 1. The van der Waals surface area contributed by atoms with Crippen LogP contribution in [0.2, 0.25) is 5.02 Å². The Morgan fingerprint density at radius 2 is 1.83 bits per heavy atom. The Morgan fingerprint density at radius 1 is 1.07 bits per heavy atom. The molecule has 1 aliphatic heterocycles. The quantitative estimate of drug-likeness (QED) is 0.661. The summed E-state index contributed by atoms with van der Waals surface area (Å²) in [4.78, 5) is 8.69. The molecule has 2 aromatic carbocycles. The molecular formula is C22H19ClFN3O3. The molecule has 0 saturated carbocycles. The Morgan fingerprint density at radius 3 is 2.50 bits per heavy atom. The normalized spacial score (nSPS) is 17.9. The van der Waals surface area contributed by atoms with Gasteiger partial charge in [0, 0.05) is 17.3 Å². The highest BCUT2D eigenvalue weighted by atomic mass is 35.5. The number of hydrogen-bond donors (Lipinski definition) is 1. The maximum atomic E-state index is 14.7. The van der Waals surface area contributed by atoms with E-state index >= 15 is 0 Å². The Hall–Kier alpha value is -3.32. The molecule has 1 atom stereocenters. The number of rotatable bonds is 5. The minimum Gasteiger partial charge on any atom is -0.495 e. The second-order valence-electron chi connectivity index (χ2n) is 6.76. The Balaban J connectivity index is 1.88. The zero-order chi connectivity index (χ0) is 21.3. The van der Waals surface area contributed by atoms with E-state index in [1.165, 1.54) is 13.2 Å². The topological polar surface area (TPSA) is 79.0 Å². The molecule has 2 heterocycles. The third-order valence-electron chi connectivity index (χ3n) is 5.06. The van der Waals surface area contributed by atoms with E-state index in [-0.39, 0.29) is 12.6 Å². The number of nitrogens with zero attached hydrogens (tertiary/aromatic N) is 2. The van der Waals surface area contributed by atoms with Crippen molar-refractivity contribution in [1.29, 1.82) is 0 Å². The summed E-state index contributed by atoms with van der Waals surface area (Å²) >= 11 is 6.35. The van der Waals surface area contributed by atoms with Crippen LogP contribution in [0.25, 0.3) is 11.1 Å². The molecule has 0 amide bonds. The Labute approximate surface area is 178 Å². The molecule has 6 nitrogen and oxygen atoms in total. The first kappa shape index (κ1) is 20.0. The van der Waals surface area contributed by atoms with Gasteiger partial charge in [-0.05, 0) is 41.5 Å². The first-order chi connectivity index (χ1) is 14.5. The van der Waals surface area contributed by atoms with Crippen LogP contribution >= 0.6 is 11.6 Å². The van der Waals surface area contributed by atoms with Crippen molar-refractivity contribution >= 4 is 17.6 Å². The molecule has 3 aromatic rings. The predicted molar refractivity (Wildman–Crippen MR) is 113 cm³/mol. The maximum Gasteiger partial charge on any atom is 0.283 e. The molecule has 0 unspecified atom stereocenters. The number of halogens is 2. The molecule has 8 heteroatoms. The van der Waals surface area contributed by atoms with Crippen molar-refractivity contribution in [2.24, 2.45) is 10.7 Å². The van der Waals surface area contributed by atoms with Crippen molar-refractivity contribution in [3.05, 3.63) is 76.8 Å². The van der Waals surface area contributed by atoms with Crippen LogP contribution in [0.4, 0.5) is 4.39 Å². The van der Waals surface area contributed by atoms with Gasteiger partial charge in [0.2, 0.25) is 0 Å². The number of aliphatic imine (C=N–C) groups is 1. The molecular weight excluding hydrogens is 409 g/mol. The maximum absolute atomic E-state index is 14.7. The number of benzene rings is 2. The summed E-state index contributed by atoms with van der Waals surface area (Å²) in [5.41, 5.74) is 7.27. The van der Waals surface area contributed by atoms with Crippen molar-refractivity contribution in [2.45, 2.75) is 5.54 Å². The molecule has 0 radical (unpaired) electrons. The zero-order valence-electron chi connectivity index (χ0n) is 16.4. The summed E-state index contributed by atoms with van der Waals surface area (Å²) in [6.07, 6.45) is 3.13. The van der Waals surface area contributed by atoms with E-state index in [2.05, 4.69) is 9.98 Å². The lowest BCUT2D eigenvalue weighted by Crippen LogP contribution is -2.27. The number of nitrogens with two attached hydrogens (primary N) is 1. The van der Waals surface area contributed by atoms with Gasteiger partial charge in [0.25, 0.3) is 6.02 Å². The number of hydrogen-bond acceptors (Lipinski definition) is 6. The fraction of sp³-hybridized carbons (Fsp3) is 0.182. The lowest BCUT2D eigenvalue weighted by molar-refractivity contribution is 0.278. The van der Waals surface area contributed by atoms with E-state index in [0.29, 0.717) is 33.2 Å². The van der Waals surface area contributed by atoms with Crippen molar-refractivity contribution in [2.75, 3.05) is 20.8 Å². The summed E-state index contributed by atoms with van der Waals surface area (Å²) in [6.45, 7) is 0.156. The van der Waals surface area contributed by atoms with Crippen LogP contribution in [-0.4, -0.2) is 31.8 Å². The van der Waals surface area contributed by atoms with Crippen LogP contribution in [0.3, 0.4) is 0 Å². The lowest BCUT2D eigenvalue weighted by atomic mass is 9.83. The summed E-state index contributed by atoms with van der Waals surface area (Å²) < 4.78 is 30.7. The molecule has 0 aliphatic carbocycles. The second-order valence-corrected chi connectivity index (χ2v) is 7.16. The molecule has 0 spiro atoms. The van der Waals surface area contributed by atoms with Crippen LogP contribution in [0, 0.1) is 5.82 Å². The number of ether oxygens (including phenoxy) is 3. The fourth-order valence-electron chi connectivity index (χ4n) is 3.50. The van der Waals surface area contributed by atoms with Crippen molar-refractivity contribution in [1.82, 2.24) is 4.98 Å². The highest BCUT2D eigenvalue weighted by Crippen LogP contribution is 2.41. The van der Waals surface area contributed by atoms with E-state index in [1.54, 1.807) is 49.8 Å². The first-order valence-corrected chi connectivity index (χ1v) is 9.46. The van der Waals surface area contributed by atoms with Gasteiger partial charge in [0.15, 0.2) is 5.54 Å². The summed E-state index contributed by atoms with van der Waals surface area (Å²) in [5.74, 6) is 0.668. The second kappa shape index (κ2) is 7.84. The molecule has 30 heavy (non-hydrogen) atoms. The minimum absolute atomic E-state index is 0.0517. The van der Waals surface area contributed by atoms with Crippen LogP contribution in [0.1, 0.15) is 11.1 Å². The fourth-order valence-corrected chi connectivity index (χ4v) is 3.76. The third-order valence-corrected chi connectivity index (χ3v) is 5.36. The van der Waals surface area contributed by atoms with Gasteiger partial charge in [-0.2, -0.15) is 0 Å². The van der Waals surface area contributed by atoms with E-state index in [1.807, 2.05) is 6.07 Å². The van der Waals surface area contributed by atoms with Gasteiger partial charge in [0.1, 0.15) is 23.9 Å². The van der Waals surface area contributed by atoms with Crippen LogP contribution < -0.4 is 15.2 Å². The van der Waals surface area contributed by atoms with Gasteiger partial charge in [-0.15, -0.1) is 0 Å². The van der Waals surface area contributed by atoms with Gasteiger partial charge in [0.05, 0.1) is 25.4 Å². The lowest BCUT2D eigenvalue weighted by Gasteiger charge is -2.26. The van der Waals surface area contributed by atoms with Gasteiger partial charge in [-0.1, -0.05) is 23.7 Å². The SMILES string of the molecule is COc1cncc(-c2cc([C@]3(c4ccc(OC)c(Cl)c4)COC(N)=N3)ccc2F)c1. The van der Waals surface area contributed by atoms with Crippen LogP contribution in [0.5, 0.6) is 11.5 Å². The highest BCUT2D eigenvalue weighted by molar-refractivity contribution is 6.32. The average molecular weight is 428 g/mol. The smallest absolute Gasteiger partial charge is 0.283 e. The largest absolute Gasteiger partial charge is 0.495 e. The van der Waals surface area contributed by atoms with Crippen LogP contribution in [-0.2, 0) is 10.3 Å². The van der Waals surface area contributed by atoms with E-state index < -0.39 is 11.4 Å². The van der Waals surface area contributed by atoms with Gasteiger partial charge in [-0.3, -0.25) is 4.98 Å². The number of amidine groups is 1. The van der Waals surface area contributed by atoms with Crippen molar-refractivity contribution < 1.29 is 18.6 Å². The standard InChI is InChI=1S/C22H19ClFN3O3/c1-28-16-7-13(10-26-11-16)17-8-14(3-5-19(17)24)22(12-30-21(25)27-22)15-4-6-20(29-2)18(23)9-15/h3-11H,12H2,1-2H3,(H2,25,27)/t22-/m0/s1. The molecule has 154 valence electrons. The number of methoxy groups -OCH3 is 2. The van der Waals surface area contributed by atoms with Gasteiger partial charge >= 0.3 is 0 Å². The summed E-state index contributed by atoms with van der Waals surface area (Å²) in [6, 6.07) is 11.9. The van der Waals surface area contributed by atoms with E-state index in [9.17, 15) is 4.39 Å². The highest BCUT2D eigenvalue weighted by Gasteiger charge is 2.41. The number of pyridine rings is 1. The van der Waals surface area contributed by atoms with E-state index in [0.717, 1.165) is 5.56 Å². The zero-order valence-corrected chi connectivity index (χ0v) is 17.1. The molecule has 0 saturated heterocycles. The minimum atomic E-state index is -0.977. The molecule has 0 bridgehead atoms. The summed E-state index contributed by atoms with van der Waals surface area (Å²) in [7, 11) is 3.07. The predicted octanol–water partition coefficient (Wildman–Crippen LogP) is 4.15.